The molecule has 0 heterocycles. The van der Waals surface area contributed by atoms with E-state index >= 15 is 0 Å². The van der Waals surface area contributed by atoms with Crippen molar-refractivity contribution in [3.63, 3.8) is 0 Å². The molecule has 0 amide bonds. The molecule has 0 aromatic heterocycles. The van der Waals surface area contributed by atoms with Crippen LogP contribution >= 0.6 is 0 Å². The number of nitrogens with one attached hydrogen (secondary N) is 1. The lowest BCUT2D eigenvalue weighted by Crippen LogP contribution is -2.12. The van der Waals surface area contributed by atoms with Crippen LogP contribution in [0.1, 0.15) is 29.7 Å². The minimum atomic E-state index is -4.67. The molecule has 0 saturated heterocycles. The highest BCUT2D eigenvalue weighted by atomic mass is 19.4. The zero-order chi connectivity index (χ0) is 17.2. The highest BCUT2D eigenvalue weighted by Gasteiger charge is 2.34. The van der Waals surface area contributed by atoms with Crippen molar-refractivity contribution in [3.05, 3.63) is 64.7 Å². The summed E-state index contributed by atoms with van der Waals surface area (Å²) in [6.07, 6.45) is -4.67. The minimum Gasteiger partial charge on any atom is -0.378 e. The second kappa shape index (κ2) is 6.24. The average Bonchev–Trinajstić information content (AvgIpc) is 2.46. The van der Waals surface area contributed by atoms with Gasteiger partial charge in [-0.05, 0) is 31.2 Å². The third-order valence-corrected chi connectivity index (χ3v) is 3.26. The molecule has 0 saturated carbocycles. The molecule has 120 valence electrons. The second-order valence-corrected chi connectivity index (χ2v) is 4.90. The van der Waals surface area contributed by atoms with Gasteiger partial charge in [0.05, 0.1) is 23.2 Å². The van der Waals surface area contributed by atoms with Crippen molar-refractivity contribution in [2.24, 2.45) is 0 Å². The van der Waals surface area contributed by atoms with Gasteiger partial charge in [0.2, 0.25) is 0 Å². The van der Waals surface area contributed by atoms with Gasteiger partial charge in [0, 0.05) is 17.3 Å². The summed E-state index contributed by atoms with van der Waals surface area (Å²) in [5.41, 5.74) is -1.38. The number of alkyl halides is 3. The standard InChI is InChI=1S/C16H11F5N2/c1-9(13-5-3-11(17)6-15(13)18)23-12-4-2-10(8-22)14(7-12)16(19,20)21/h2-7,9,23H,1H3. The van der Waals surface area contributed by atoms with Crippen LogP contribution in [0, 0.1) is 23.0 Å². The molecule has 23 heavy (non-hydrogen) atoms. The lowest BCUT2D eigenvalue weighted by Gasteiger charge is -2.18. The predicted octanol–water partition coefficient (Wildman–Crippen LogP) is 5.03. The summed E-state index contributed by atoms with van der Waals surface area (Å²) in [7, 11) is 0. The van der Waals surface area contributed by atoms with E-state index in [0.717, 1.165) is 18.2 Å². The molecule has 0 bridgehead atoms. The number of rotatable bonds is 3. The SMILES string of the molecule is CC(Nc1ccc(C#N)c(C(F)(F)F)c1)c1ccc(F)cc1F. The zero-order valence-electron chi connectivity index (χ0n) is 11.9. The van der Waals surface area contributed by atoms with Gasteiger partial charge in [0.1, 0.15) is 11.6 Å². The molecule has 0 aliphatic carbocycles. The van der Waals surface area contributed by atoms with Gasteiger partial charge in [-0.1, -0.05) is 6.07 Å². The lowest BCUT2D eigenvalue weighted by atomic mass is 10.0. The first kappa shape index (κ1) is 16.7. The normalized spacial score (nSPS) is 12.6. The van der Waals surface area contributed by atoms with Gasteiger partial charge in [-0.2, -0.15) is 18.4 Å². The van der Waals surface area contributed by atoms with E-state index < -0.39 is 35.0 Å². The molecule has 1 atom stereocenters. The second-order valence-electron chi connectivity index (χ2n) is 4.90. The van der Waals surface area contributed by atoms with Crippen LogP contribution in [-0.4, -0.2) is 0 Å². The van der Waals surface area contributed by atoms with Gasteiger partial charge < -0.3 is 5.32 Å². The fourth-order valence-corrected chi connectivity index (χ4v) is 2.15. The molecule has 0 radical (unpaired) electrons. The Kier molecular flexibility index (Phi) is 4.55. The van der Waals surface area contributed by atoms with E-state index in [0.29, 0.717) is 6.07 Å². The summed E-state index contributed by atoms with van der Waals surface area (Å²) in [5, 5.41) is 11.4. The van der Waals surface area contributed by atoms with E-state index in [1.54, 1.807) is 0 Å². The number of nitriles is 1. The molecule has 2 aromatic rings. The maximum Gasteiger partial charge on any atom is 0.417 e. The lowest BCUT2D eigenvalue weighted by molar-refractivity contribution is -0.137. The largest absolute Gasteiger partial charge is 0.417 e. The van der Waals surface area contributed by atoms with Crippen LogP contribution in [0.3, 0.4) is 0 Å². The number of anilines is 1. The molecule has 0 aliphatic heterocycles. The van der Waals surface area contributed by atoms with Gasteiger partial charge in [0.25, 0.3) is 0 Å². The molecule has 0 spiro atoms. The third kappa shape index (κ3) is 3.77. The fourth-order valence-electron chi connectivity index (χ4n) is 2.15. The van der Waals surface area contributed by atoms with E-state index in [9.17, 15) is 22.0 Å². The van der Waals surface area contributed by atoms with E-state index in [4.69, 9.17) is 5.26 Å². The van der Waals surface area contributed by atoms with Crippen LogP contribution in [0.15, 0.2) is 36.4 Å². The van der Waals surface area contributed by atoms with Crippen molar-refractivity contribution in [2.75, 3.05) is 5.32 Å². The van der Waals surface area contributed by atoms with Gasteiger partial charge in [-0.25, -0.2) is 8.78 Å². The molecule has 2 rings (SSSR count). The van der Waals surface area contributed by atoms with Crippen molar-refractivity contribution in [1.29, 1.82) is 5.26 Å². The first-order valence-corrected chi connectivity index (χ1v) is 6.55. The molecule has 2 nitrogen and oxygen atoms in total. The molecule has 0 aliphatic rings. The quantitative estimate of drug-likeness (QED) is 0.803. The summed E-state index contributed by atoms with van der Waals surface area (Å²) >= 11 is 0. The van der Waals surface area contributed by atoms with Crippen molar-refractivity contribution >= 4 is 5.69 Å². The molecule has 1 N–H and O–H groups in total. The number of hydrogen-bond donors (Lipinski definition) is 1. The fraction of sp³-hybridized carbons (Fsp3) is 0.188. The topological polar surface area (TPSA) is 35.8 Å². The third-order valence-electron chi connectivity index (χ3n) is 3.26. The van der Waals surface area contributed by atoms with Crippen LogP contribution in [0.5, 0.6) is 0 Å². The molecular formula is C16H11F5N2. The predicted molar refractivity (Wildman–Crippen MR) is 74.6 cm³/mol. The van der Waals surface area contributed by atoms with Crippen molar-refractivity contribution in [3.8, 4) is 6.07 Å². The van der Waals surface area contributed by atoms with E-state index in [1.807, 2.05) is 0 Å². The van der Waals surface area contributed by atoms with Gasteiger partial charge in [-0.15, -0.1) is 0 Å². The highest BCUT2D eigenvalue weighted by Crippen LogP contribution is 2.34. The summed E-state index contributed by atoms with van der Waals surface area (Å²) in [6.45, 7) is 1.53. The molecule has 2 aromatic carbocycles. The highest BCUT2D eigenvalue weighted by molar-refractivity contribution is 5.54. The van der Waals surface area contributed by atoms with E-state index in [-0.39, 0.29) is 11.3 Å². The molecular weight excluding hydrogens is 315 g/mol. The van der Waals surface area contributed by atoms with Crippen LogP contribution in [0.4, 0.5) is 27.6 Å². The van der Waals surface area contributed by atoms with Crippen LogP contribution < -0.4 is 5.32 Å². The smallest absolute Gasteiger partial charge is 0.378 e. The first-order chi connectivity index (χ1) is 10.7. The van der Waals surface area contributed by atoms with Crippen LogP contribution in [0.25, 0.3) is 0 Å². The van der Waals surface area contributed by atoms with Gasteiger partial charge in [0.15, 0.2) is 0 Å². The Labute approximate surface area is 129 Å². The number of benzene rings is 2. The van der Waals surface area contributed by atoms with Gasteiger partial charge in [-0.3, -0.25) is 0 Å². The average molecular weight is 326 g/mol. The number of hydrogen-bond acceptors (Lipinski definition) is 2. The Morgan fingerprint density at radius 3 is 2.35 bits per heavy atom. The molecule has 1 unspecified atom stereocenters. The van der Waals surface area contributed by atoms with Crippen LogP contribution in [-0.2, 0) is 6.18 Å². The number of halogens is 5. The van der Waals surface area contributed by atoms with Gasteiger partial charge >= 0.3 is 6.18 Å². The Hall–Kier alpha value is -2.62. The summed E-state index contributed by atoms with van der Waals surface area (Å²) in [4.78, 5) is 0. The summed E-state index contributed by atoms with van der Waals surface area (Å²) < 4.78 is 65.3. The van der Waals surface area contributed by atoms with E-state index in [2.05, 4.69) is 5.32 Å². The van der Waals surface area contributed by atoms with Crippen molar-refractivity contribution in [1.82, 2.24) is 0 Å². The van der Waals surface area contributed by atoms with Crippen molar-refractivity contribution in [2.45, 2.75) is 19.1 Å². The van der Waals surface area contributed by atoms with E-state index in [1.165, 1.54) is 25.1 Å². The number of nitrogens with zero attached hydrogens (tertiary/aromatic N) is 1. The molecule has 7 heteroatoms. The molecule has 0 fully saturated rings. The minimum absolute atomic E-state index is 0.0764. The first-order valence-electron chi connectivity index (χ1n) is 6.55. The Balaban J connectivity index is 2.31. The zero-order valence-corrected chi connectivity index (χ0v) is 11.9. The Morgan fingerprint density at radius 2 is 1.78 bits per heavy atom. The van der Waals surface area contributed by atoms with Crippen molar-refractivity contribution < 1.29 is 22.0 Å². The maximum absolute atomic E-state index is 13.7. The Bertz CT molecular complexity index is 762. The summed E-state index contributed by atoms with van der Waals surface area (Å²) in [6, 6.07) is 6.90. The Morgan fingerprint density at radius 1 is 1.09 bits per heavy atom. The maximum atomic E-state index is 13.7. The summed E-state index contributed by atoms with van der Waals surface area (Å²) in [5.74, 6) is -1.54. The van der Waals surface area contributed by atoms with Crippen LogP contribution in [0.2, 0.25) is 0 Å². The monoisotopic (exact) mass is 326 g/mol.